The van der Waals surface area contributed by atoms with Crippen LogP contribution in [0.15, 0.2) is 25.8 Å². The van der Waals surface area contributed by atoms with Gasteiger partial charge in [0, 0.05) is 11.0 Å². The van der Waals surface area contributed by atoms with E-state index < -0.39 is 0 Å². The summed E-state index contributed by atoms with van der Waals surface area (Å²) in [6.07, 6.45) is 1.75. The first-order valence-corrected chi connectivity index (χ1v) is 1.49. The molecule has 1 heteroatoms. The van der Waals surface area contributed by atoms with E-state index in [2.05, 4.69) is 19.7 Å². The maximum atomic E-state index is 3.36. The molecule has 0 aromatic carbocycles. The lowest BCUT2D eigenvalue weighted by molar-refractivity contribution is 1.80. The molecule has 0 nitrogen and oxygen atoms in total. The summed E-state index contributed by atoms with van der Waals surface area (Å²) < 4.78 is 0. The Morgan fingerprint density at radius 1 is 1.33 bits per heavy atom. The van der Waals surface area contributed by atoms with Crippen molar-refractivity contribution in [1.82, 2.24) is 0 Å². The van der Waals surface area contributed by atoms with Crippen LogP contribution in [0.5, 0.6) is 0 Å². The minimum atomic E-state index is 0. The molecule has 34 valence electrons. The highest BCUT2D eigenvalue weighted by Crippen LogP contribution is 1.38. The molecule has 0 spiro atoms. The van der Waals surface area contributed by atoms with Gasteiger partial charge in [-0.1, -0.05) is 6.08 Å². The Morgan fingerprint density at radius 3 is 1.33 bits per heavy atom. The molecule has 4 radical (unpaired) electrons. The van der Waals surface area contributed by atoms with Crippen molar-refractivity contribution < 1.29 is 0 Å². The van der Waals surface area contributed by atoms with Gasteiger partial charge in [0.15, 0.2) is 0 Å². The predicted octanol–water partition coefficient (Wildman–Crippen LogP) is 1.61. The third kappa shape index (κ3) is 293. The van der Waals surface area contributed by atoms with E-state index in [0.29, 0.717) is 0 Å². The van der Waals surface area contributed by atoms with Crippen LogP contribution in [0, 0.1) is 0 Å². The molecule has 0 aliphatic rings. The molecule has 0 saturated carbocycles. The Hall–Kier alpha value is -0.303. The third-order valence-electron chi connectivity index (χ3n) is 0. The maximum Gasteiger partial charge on any atom is 0 e. The first-order chi connectivity index (χ1) is 2.41. The van der Waals surface area contributed by atoms with E-state index in [1.54, 1.807) is 6.08 Å². The normalized spacial score (nSPS) is 2.83. The van der Waals surface area contributed by atoms with Crippen LogP contribution >= 0.6 is 0 Å². The summed E-state index contributed by atoms with van der Waals surface area (Å²) >= 11 is 0. The number of rotatable bonds is 0. The van der Waals surface area contributed by atoms with Crippen LogP contribution in [0.1, 0.15) is 6.92 Å². The Bertz CT molecular complexity index is 17.9. The van der Waals surface area contributed by atoms with Crippen molar-refractivity contribution in [3.63, 3.8) is 0 Å². The van der Waals surface area contributed by atoms with Gasteiger partial charge in [0.1, 0.15) is 0 Å². The van der Waals surface area contributed by atoms with E-state index in [0.717, 1.165) is 0 Å². The Balaban J connectivity index is -0.0000000275. The Labute approximate surface area is 44.6 Å². The monoisotopic (exact) mass is 98.1 g/mol. The van der Waals surface area contributed by atoms with Crippen LogP contribution in [-0.4, -0.2) is 11.0 Å². The minimum Gasteiger partial charge on any atom is -0.106 e. The molecular weight excluding hydrogens is 88.1 g/mol. The minimum absolute atomic E-state index is 0. The zero-order valence-corrected chi connectivity index (χ0v) is 5.20. The van der Waals surface area contributed by atoms with Gasteiger partial charge in [-0.15, -0.1) is 19.7 Å². The highest BCUT2D eigenvalue weighted by atomic mass is 28.1. The summed E-state index contributed by atoms with van der Waals surface area (Å²) in [5.41, 5.74) is 0. The van der Waals surface area contributed by atoms with Crippen molar-refractivity contribution in [3.05, 3.63) is 25.8 Å². The second-order valence-corrected chi connectivity index (χ2v) is 0.408. The van der Waals surface area contributed by atoms with Gasteiger partial charge >= 0.3 is 0 Å². The molecule has 0 aliphatic carbocycles. The second kappa shape index (κ2) is 132. The molecule has 0 amide bonds. The van der Waals surface area contributed by atoms with E-state index in [1.165, 1.54) is 0 Å². The quantitative estimate of drug-likeness (QED) is 0.319. The second-order valence-electron chi connectivity index (χ2n) is 0.408. The molecule has 0 aromatic heterocycles. The molecule has 0 unspecified atom stereocenters. The summed E-state index contributed by atoms with van der Waals surface area (Å²) in [6.45, 7) is 11.2. The summed E-state index contributed by atoms with van der Waals surface area (Å²) in [6, 6.07) is 0. The van der Waals surface area contributed by atoms with E-state index in [1.807, 2.05) is 6.92 Å². The number of allylic oxidation sites excluding steroid dienone is 1. The van der Waals surface area contributed by atoms with Gasteiger partial charge in [-0.2, -0.15) is 0 Å². The molecule has 0 heterocycles. The molecule has 0 bridgehead atoms. The maximum absolute atomic E-state index is 3.36. The van der Waals surface area contributed by atoms with Gasteiger partial charge in [0.05, 0.1) is 0 Å². The summed E-state index contributed by atoms with van der Waals surface area (Å²) in [7, 11) is 0. The van der Waals surface area contributed by atoms with Crippen molar-refractivity contribution in [2.24, 2.45) is 0 Å². The predicted molar refractivity (Wildman–Crippen MR) is 32.9 cm³/mol. The number of hydrogen-bond acceptors (Lipinski definition) is 0. The summed E-state index contributed by atoms with van der Waals surface area (Å²) in [5, 5.41) is 0. The van der Waals surface area contributed by atoms with E-state index in [4.69, 9.17) is 0 Å². The Morgan fingerprint density at radius 2 is 1.33 bits per heavy atom. The van der Waals surface area contributed by atoms with Crippen LogP contribution in [0.2, 0.25) is 0 Å². The van der Waals surface area contributed by atoms with Crippen LogP contribution < -0.4 is 0 Å². The van der Waals surface area contributed by atoms with Crippen molar-refractivity contribution >= 4 is 11.0 Å². The van der Waals surface area contributed by atoms with Gasteiger partial charge in [0.2, 0.25) is 0 Å². The van der Waals surface area contributed by atoms with E-state index in [9.17, 15) is 0 Å². The smallest absolute Gasteiger partial charge is 0 e. The SMILES string of the molecule is C=C.C=CC.[Si]. The molecule has 0 saturated heterocycles. The largest absolute Gasteiger partial charge is 0.106 e. The average molecular weight is 98.2 g/mol. The van der Waals surface area contributed by atoms with Crippen molar-refractivity contribution in [1.29, 1.82) is 0 Å². The summed E-state index contributed by atoms with van der Waals surface area (Å²) in [5.74, 6) is 0. The molecule has 0 rings (SSSR count). The first kappa shape index (κ1) is 17.3. The Kier molecular flexibility index (Phi) is 381. The highest BCUT2D eigenvalue weighted by molar-refractivity contribution is 5.75. The van der Waals surface area contributed by atoms with Gasteiger partial charge in [-0.3, -0.25) is 0 Å². The van der Waals surface area contributed by atoms with Gasteiger partial charge in [0.25, 0.3) is 0 Å². The molecule has 0 atom stereocenters. The lowest BCUT2D eigenvalue weighted by Gasteiger charge is -1.31. The molecule has 0 N–H and O–H groups in total. The van der Waals surface area contributed by atoms with Crippen LogP contribution in [0.25, 0.3) is 0 Å². The van der Waals surface area contributed by atoms with E-state index in [-0.39, 0.29) is 11.0 Å². The van der Waals surface area contributed by atoms with Gasteiger partial charge in [-0.05, 0) is 6.92 Å². The third-order valence-corrected chi connectivity index (χ3v) is 0. The molecule has 6 heavy (non-hydrogen) atoms. The zero-order valence-electron chi connectivity index (χ0n) is 4.20. The number of hydrogen-bond donors (Lipinski definition) is 0. The average Bonchev–Trinajstić information content (AvgIpc) is 1.46. The molecular formula is C5H10Si. The van der Waals surface area contributed by atoms with Crippen LogP contribution in [0.3, 0.4) is 0 Å². The van der Waals surface area contributed by atoms with Gasteiger partial charge < -0.3 is 0 Å². The molecule has 0 fully saturated rings. The van der Waals surface area contributed by atoms with Crippen LogP contribution in [0.4, 0.5) is 0 Å². The fraction of sp³-hybridized carbons (Fsp3) is 0.200. The lowest BCUT2D eigenvalue weighted by atomic mass is 10.8. The van der Waals surface area contributed by atoms with Crippen molar-refractivity contribution in [2.75, 3.05) is 0 Å². The highest BCUT2D eigenvalue weighted by Gasteiger charge is 1.15. The van der Waals surface area contributed by atoms with Crippen molar-refractivity contribution in [2.45, 2.75) is 6.92 Å². The molecule has 0 aliphatic heterocycles. The first-order valence-electron chi connectivity index (χ1n) is 1.49. The lowest BCUT2D eigenvalue weighted by Crippen LogP contribution is -1.07. The van der Waals surface area contributed by atoms with E-state index >= 15 is 0 Å². The fourth-order valence-corrected chi connectivity index (χ4v) is 0. The topological polar surface area (TPSA) is 0 Å². The standard InChI is InChI=1S/C3H6.C2H4.Si/c1-3-2;1-2;/h3H,1H2,2H3;1-2H2;. The van der Waals surface area contributed by atoms with Crippen LogP contribution in [-0.2, 0) is 0 Å². The van der Waals surface area contributed by atoms with Crippen molar-refractivity contribution in [3.8, 4) is 0 Å². The fourth-order valence-electron chi connectivity index (χ4n) is 0. The zero-order chi connectivity index (χ0) is 4.71. The molecule has 0 aromatic rings. The summed E-state index contributed by atoms with van der Waals surface area (Å²) in [4.78, 5) is 0. The van der Waals surface area contributed by atoms with Gasteiger partial charge in [-0.25, -0.2) is 0 Å².